The lowest BCUT2D eigenvalue weighted by Gasteiger charge is -2.12. The van der Waals surface area contributed by atoms with Crippen LogP contribution in [0.2, 0.25) is 0 Å². The predicted molar refractivity (Wildman–Crippen MR) is 153 cm³/mol. The van der Waals surface area contributed by atoms with E-state index in [0.29, 0.717) is 0 Å². The number of fused-ring (bicyclic) bond motifs is 8. The number of benzene rings is 6. The first-order valence-corrected chi connectivity index (χ1v) is 13.4. The molecule has 0 spiro atoms. The lowest BCUT2D eigenvalue weighted by molar-refractivity contribution is 0.637. The van der Waals surface area contributed by atoms with E-state index in [4.69, 9.17) is 8.39 Å². The van der Waals surface area contributed by atoms with E-state index in [1.165, 1.54) is 27.1 Å². The van der Waals surface area contributed by atoms with Crippen LogP contribution in [0.5, 0.6) is 0 Å². The molecule has 0 fully saturated rings. The van der Waals surface area contributed by atoms with Gasteiger partial charge >= 0.3 is 8.16 Å². The smallest absolute Gasteiger partial charge is 0.307 e. The van der Waals surface area contributed by atoms with Gasteiger partial charge < -0.3 is 8.39 Å². The van der Waals surface area contributed by atoms with Gasteiger partial charge in [-0.05, 0) is 63.0 Å². The second-order valence-corrected chi connectivity index (χ2v) is 10.4. The molecule has 1 atom stereocenters. The van der Waals surface area contributed by atoms with Gasteiger partial charge in [-0.3, -0.25) is 0 Å². The molecule has 174 valence electrons. The fraction of sp³-hybridized carbons (Fsp3) is 0.0625. The maximum absolute atomic E-state index is 6.61. The lowest BCUT2D eigenvalue weighted by atomic mass is 9.99. The maximum atomic E-state index is 6.61. The van der Waals surface area contributed by atoms with Crippen molar-refractivity contribution in [3.05, 3.63) is 121 Å². The zero-order valence-corrected chi connectivity index (χ0v) is 20.7. The zero-order valence-electron chi connectivity index (χ0n) is 19.8. The summed E-state index contributed by atoms with van der Waals surface area (Å²) in [6, 6.07) is 40.5. The first kappa shape index (κ1) is 21.3. The third-order valence-corrected chi connectivity index (χ3v) is 8.29. The molecule has 36 heavy (non-hydrogen) atoms. The summed E-state index contributed by atoms with van der Waals surface area (Å²) in [7, 11) is -1.44. The third-order valence-electron chi connectivity index (χ3n) is 6.97. The number of hydrogen-bond donors (Lipinski definition) is 1. The normalized spacial score (nSPS) is 12.6. The van der Waals surface area contributed by atoms with Crippen LogP contribution in [0.4, 0.5) is 0 Å². The Balaban J connectivity index is 1.48. The van der Waals surface area contributed by atoms with E-state index in [1.807, 2.05) is 0 Å². The van der Waals surface area contributed by atoms with E-state index in [1.54, 1.807) is 0 Å². The van der Waals surface area contributed by atoms with E-state index < -0.39 is 8.16 Å². The highest BCUT2D eigenvalue weighted by molar-refractivity contribution is 7.38. The van der Waals surface area contributed by atoms with Crippen molar-refractivity contribution in [3.8, 4) is 0 Å². The summed E-state index contributed by atoms with van der Waals surface area (Å²) < 4.78 is 13.2. The van der Waals surface area contributed by atoms with Gasteiger partial charge in [-0.25, -0.2) is 5.09 Å². The molecule has 3 nitrogen and oxygen atoms in total. The van der Waals surface area contributed by atoms with Crippen molar-refractivity contribution in [2.75, 3.05) is 5.09 Å². The second-order valence-electron chi connectivity index (χ2n) is 9.22. The highest BCUT2D eigenvalue weighted by Gasteiger charge is 2.15. The van der Waals surface area contributed by atoms with E-state index in [2.05, 4.69) is 127 Å². The van der Waals surface area contributed by atoms with Crippen molar-refractivity contribution >= 4 is 62.4 Å². The summed E-state index contributed by atoms with van der Waals surface area (Å²) in [4.78, 5) is 0. The fourth-order valence-electron chi connectivity index (χ4n) is 5.13. The van der Waals surface area contributed by atoms with Crippen LogP contribution in [0.15, 0.2) is 124 Å². The Morgan fingerprint density at radius 2 is 1.06 bits per heavy atom. The van der Waals surface area contributed by atoms with Crippen LogP contribution in [0.1, 0.15) is 18.5 Å². The van der Waals surface area contributed by atoms with Crippen molar-refractivity contribution in [1.29, 1.82) is 0 Å². The first-order chi connectivity index (χ1) is 17.7. The van der Waals surface area contributed by atoms with Crippen LogP contribution in [0.25, 0.3) is 54.3 Å². The molecule has 0 bridgehead atoms. The molecule has 7 aromatic rings. The average molecular weight is 486 g/mol. The molecule has 0 amide bonds. The minimum atomic E-state index is -1.44. The molecule has 1 heterocycles. The second kappa shape index (κ2) is 8.57. The standard InChI is InChI=1S/C32H24NO2P/c1-21(25-15-14-22-8-2-3-11-26(22)20-25)33-36-34-29-18-16-23-9-4-6-12-27(23)31(29)32-28-13-7-5-10-24(28)17-19-30(32)35-36/h2-21,33H,1H3/t21-/m0/s1. The molecule has 1 N–H and O–H groups in total. The molecule has 0 saturated carbocycles. The molecule has 0 aliphatic rings. The van der Waals surface area contributed by atoms with Gasteiger partial charge in [0, 0.05) is 16.8 Å². The summed E-state index contributed by atoms with van der Waals surface area (Å²) in [6.07, 6.45) is 0. The first-order valence-electron chi connectivity index (χ1n) is 12.2. The van der Waals surface area contributed by atoms with Crippen molar-refractivity contribution < 1.29 is 8.39 Å². The van der Waals surface area contributed by atoms with E-state index in [-0.39, 0.29) is 6.04 Å². The Bertz CT molecular complexity index is 1860. The minimum absolute atomic E-state index is 0.0478. The highest BCUT2D eigenvalue weighted by Crippen LogP contribution is 2.41. The largest absolute Gasteiger partial charge is 0.408 e. The summed E-state index contributed by atoms with van der Waals surface area (Å²) in [5, 5.41) is 13.0. The third kappa shape index (κ3) is 3.56. The molecule has 4 heteroatoms. The van der Waals surface area contributed by atoms with Crippen molar-refractivity contribution in [3.63, 3.8) is 0 Å². The Kier molecular flexibility index (Phi) is 5.06. The van der Waals surface area contributed by atoms with Gasteiger partial charge in [0.1, 0.15) is 11.2 Å². The monoisotopic (exact) mass is 485 g/mol. The summed E-state index contributed by atoms with van der Waals surface area (Å²) >= 11 is 0. The molecular formula is C32H24NO2P. The molecule has 6 aromatic carbocycles. The van der Waals surface area contributed by atoms with Gasteiger partial charge in [-0.1, -0.05) is 97.1 Å². The van der Waals surface area contributed by atoms with Gasteiger partial charge in [0.05, 0.1) is 0 Å². The zero-order chi connectivity index (χ0) is 24.1. The summed E-state index contributed by atoms with van der Waals surface area (Å²) in [6.45, 7) is 2.16. The van der Waals surface area contributed by atoms with E-state index in [0.717, 1.165) is 32.7 Å². The SMILES string of the molecule is C[C@H](Np1oc2ccc3ccccc3c2c2c(ccc3ccccc32)o1)c1ccc2ccccc2c1. The van der Waals surface area contributed by atoms with E-state index >= 15 is 0 Å². The van der Waals surface area contributed by atoms with Crippen LogP contribution in [-0.4, -0.2) is 0 Å². The highest BCUT2D eigenvalue weighted by atomic mass is 31.1. The van der Waals surface area contributed by atoms with Crippen LogP contribution < -0.4 is 5.09 Å². The van der Waals surface area contributed by atoms with Crippen LogP contribution in [0, 0.1) is 0 Å². The quantitative estimate of drug-likeness (QED) is 0.271. The topological polar surface area (TPSA) is 38.3 Å². The van der Waals surface area contributed by atoms with Crippen molar-refractivity contribution in [2.24, 2.45) is 0 Å². The Hall–Kier alpha value is -4.04. The van der Waals surface area contributed by atoms with Crippen molar-refractivity contribution in [2.45, 2.75) is 13.0 Å². The number of rotatable bonds is 3. The molecular weight excluding hydrogens is 461 g/mol. The number of nitrogens with one attached hydrogen (secondary N) is 1. The average Bonchev–Trinajstić information content (AvgIpc) is 3.09. The Labute approximate surface area is 209 Å². The van der Waals surface area contributed by atoms with Gasteiger partial charge in [-0.2, -0.15) is 0 Å². The molecule has 0 aliphatic carbocycles. The fourth-order valence-corrected chi connectivity index (χ4v) is 6.40. The Morgan fingerprint density at radius 1 is 0.556 bits per heavy atom. The van der Waals surface area contributed by atoms with Gasteiger partial charge in [0.15, 0.2) is 0 Å². The molecule has 7 rings (SSSR count). The van der Waals surface area contributed by atoms with E-state index in [9.17, 15) is 0 Å². The van der Waals surface area contributed by atoms with Gasteiger partial charge in [0.25, 0.3) is 0 Å². The molecule has 0 saturated heterocycles. The van der Waals surface area contributed by atoms with Crippen LogP contribution >= 0.6 is 8.16 Å². The molecule has 0 aliphatic heterocycles. The van der Waals surface area contributed by atoms with Crippen LogP contribution in [0.3, 0.4) is 0 Å². The molecule has 1 aromatic heterocycles. The molecule has 0 unspecified atom stereocenters. The van der Waals surface area contributed by atoms with Gasteiger partial charge in [-0.15, -0.1) is 0 Å². The van der Waals surface area contributed by atoms with Crippen molar-refractivity contribution in [1.82, 2.24) is 0 Å². The predicted octanol–water partition coefficient (Wildman–Crippen LogP) is 10.1. The summed E-state index contributed by atoms with van der Waals surface area (Å²) in [5.74, 6) is 0. The number of hydrogen-bond acceptors (Lipinski definition) is 3. The lowest BCUT2D eigenvalue weighted by Crippen LogP contribution is -2.03. The minimum Gasteiger partial charge on any atom is -0.408 e. The Morgan fingerprint density at radius 3 is 1.67 bits per heavy atom. The van der Waals surface area contributed by atoms with Crippen LogP contribution in [-0.2, 0) is 0 Å². The maximum Gasteiger partial charge on any atom is 0.307 e. The molecule has 0 radical (unpaired) electrons. The van der Waals surface area contributed by atoms with Gasteiger partial charge in [0.2, 0.25) is 0 Å². The summed E-state index contributed by atoms with van der Waals surface area (Å²) in [5.41, 5.74) is 2.88.